The van der Waals surface area contributed by atoms with Crippen molar-refractivity contribution in [3.63, 3.8) is 0 Å². The summed E-state index contributed by atoms with van der Waals surface area (Å²) in [4.78, 5) is 0. The van der Waals surface area contributed by atoms with Crippen LogP contribution in [0.25, 0.3) is 11.1 Å². The zero-order valence-electron chi connectivity index (χ0n) is 13.5. The number of rotatable bonds is 0. The van der Waals surface area contributed by atoms with Crippen LogP contribution in [0.5, 0.6) is 0 Å². The molecule has 0 aromatic heterocycles. The average molecular weight is 321 g/mol. The molecule has 0 nitrogen and oxygen atoms in total. The third-order valence-electron chi connectivity index (χ3n) is 6.29. The van der Waals surface area contributed by atoms with Gasteiger partial charge < -0.3 is 0 Å². The van der Waals surface area contributed by atoms with Gasteiger partial charge in [0.2, 0.25) is 0 Å². The van der Waals surface area contributed by atoms with Crippen LogP contribution in [0, 0.1) is 11.8 Å². The van der Waals surface area contributed by atoms with E-state index in [9.17, 15) is 0 Å². The van der Waals surface area contributed by atoms with Gasteiger partial charge in [-0.3, -0.25) is 0 Å². The molecule has 1 fully saturated rings. The van der Waals surface area contributed by atoms with Crippen molar-refractivity contribution >= 4 is 11.6 Å². The van der Waals surface area contributed by atoms with Crippen LogP contribution >= 0.6 is 11.6 Å². The molecule has 0 saturated heterocycles. The molecule has 0 radical (unpaired) electrons. The summed E-state index contributed by atoms with van der Waals surface area (Å²) in [6, 6.07) is 15.4. The van der Waals surface area contributed by atoms with Crippen molar-refractivity contribution in [2.45, 2.75) is 38.0 Å². The van der Waals surface area contributed by atoms with Crippen molar-refractivity contribution in [1.82, 2.24) is 0 Å². The van der Waals surface area contributed by atoms with E-state index in [0.717, 1.165) is 10.9 Å². The maximum absolute atomic E-state index is 6.77. The Morgan fingerprint density at radius 2 is 1.87 bits per heavy atom. The van der Waals surface area contributed by atoms with Gasteiger partial charge in [0.05, 0.1) is 0 Å². The minimum atomic E-state index is 0.0372. The van der Waals surface area contributed by atoms with E-state index in [4.69, 9.17) is 11.6 Å². The van der Waals surface area contributed by atoms with Crippen molar-refractivity contribution in [3.8, 4) is 11.1 Å². The van der Waals surface area contributed by atoms with Gasteiger partial charge in [-0.1, -0.05) is 66.6 Å². The summed E-state index contributed by atoms with van der Waals surface area (Å²) in [6.45, 7) is 2.37. The van der Waals surface area contributed by atoms with E-state index in [-0.39, 0.29) is 5.41 Å². The number of benzene rings is 2. The maximum Gasteiger partial charge on any atom is 0.0456 e. The fourth-order valence-corrected chi connectivity index (χ4v) is 5.85. The van der Waals surface area contributed by atoms with Crippen molar-refractivity contribution in [2.24, 2.45) is 11.8 Å². The first-order chi connectivity index (χ1) is 11.2. The van der Waals surface area contributed by atoms with Gasteiger partial charge in [0.15, 0.2) is 0 Å². The molecule has 1 heteroatoms. The summed E-state index contributed by atoms with van der Waals surface area (Å²) in [5, 5.41) is 0.941. The SMILES string of the molecule is CC1C=C2CC(CCC23c2ccccc2-c2cccc(Cl)c23)C1. The number of fused-ring (bicyclic) bond motifs is 8. The van der Waals surface area contributed by atoms with Crippen LogP contribution in [0.2, 0.25) is 5.02 Å². The van der Waals surface area contributed by atoms with Gasteiger partial charge in [0.25, 0.3) is 0 Å². The van der Waals surface area contributed by atoms with Crippen molar-refractivity contribution in [3.05, 3.63) is 70.3 Å². The molecule has 2 aromatic rings. The Hall–Kier alpha value is -1.53. The van der Waals surface area contributed by atoms with Crippen LogP contribution in [-0.2, 0) is 5.41 Å². The first kappa shape index (κ1) is 13.9. The van der Waals surface area contributed by atoms with Crippen LogP contribution in [0.3, 0.4) is 0 Å². The monoisotopic (exact) mass is 320 g/mol. The van der Waals surface area contributed by atoms with E-state index in [0.29, 0.717) is 5.92 Å². The Labute approximate surface area is 143 Å². The van der Waals surface area contributed by atoms with E-state index in [1.54, 1.807) is 5.57 Å². The topological polar surface area (TPSA) is 0 Å². The van der Waals surface area contributed by atoms with Gasteiger partial charge in [-0.05, 0) is 65.8 Å². The van der Waals surface area contributed by atoms with Gasteiger partial charge in [0.1, 0.15) is 0 Å². The Bertz CT molecular complexity index is 832. The van der Waals surface area contributed by atoms with Crippen molar-refractivity contribution < 1.29 is 0 Å². The number of hydrogen-bond donors (Lipinski definition) is 0. The quantitative estimate of drug-likeness (QED) is 0.494. The second-order valence-corrected chi connectivity index (χ2v) is 8.03. The van der Waals surface area contributed by atoms with Gasteiger partial charge >= 0.3 is 0 Å². The molecule has 3 unspecified atom stereocenters. The fraction of sp³-hybridized carbons (Fsp3) is 0.364. The minimum Gasteiger partial charge on any atom is -0.0840 e. The number of hydrogen-bond acceptors (Lipinski definition) is 0. The lowest BCUT2D eigenvalue weighted by Crippen LogP contribution is -2.37. The molecular formula is C22H21Cl. The molecule has 3 aliphatic carbocycles. The van der Waals surface area contributed by atoms with Gasteiger partial charge in [-0.15, -0.1) is 0 Å². The van der Waals surface area contributed by atoms with Crippen LogP contribution in [0.1, 0.15) is 43.7 Å². The van der Waals surface area contributed by atoms with Crippen LogP contribution < -0.4 is 0 Å². The summed E-state index contributed by atoms with van der Waals surface area (Å²) in [5.74, 6) is 1.56. The van der Waals surface area contributed by atoms with Gasteiger partial charge in [-0.2, -0.15) is 0 Å². The van der Waals surface area contributed by atoms with Crippen LogP contribution in [0.4, 0.5) is 0 Å². The molecule has 0 aliphatic heterocycles. The van der Waals surface area contributed by atoms with Gasteiger partial charge in [0, 0.05) is 10.4 Å². The van der Waals surface area contributed by atoms with Crippen LogP contribution in [0.15, 0.2) is 54.1 Å². The lowest BCUT2D eigenvalue weighted by Gasteiger charge is -2.45. The molecular weight excluding hydrogens is 300 g/mol. The predicted octanol–water partition coefficient (Wildman–Crippen LogP) is 6.37. The van der Waals surface area contributed by atoms with Crippen molar-refractivity contribution in [1.29, 1.82) is 0 Å². The maximum atomic E-state index is 6.77. The summed E-state index contributed by atoms with van der Waals surface area (Å²) >= 11 is 6.77. The highest BCUT2D eigenvalue weighted by molar-refractivity contribution is 6.32. The molecule has 3 aliphatic rings. The minimum absolute atomic E-state index is 0.0372. The van der Waals surface area contributed by atoms with E-state index in [1.165, 1.54) is 47.9 Å². The first-order valence-electron chi connectivity index (χ1n) is 8.80. The molecule has 3 atom stereocenters. The zero-order valence-corrected chi connectivity index (χ0v) is 14.2. The summed E-state index contributed by atoms with van der Waals surface area (Å²) < 4.78 is 0. The fourth-order valence-electron chi connectivity index (χ4n) is 5.52. The van der Waals surface area contributed by atoms with Crippen molar-refractivity contribution in [2.75, 3.05) is 0 Å². The molecule has 23 heavy (non-hydrogen) atoms. The lowest BCUT2D eigenvalue weighted by atomic mass is 9.58. The number of allylic oxidation sites excluding steroid dienone is 2. The first-order valence-corrected chi connectivity index (χ1v) is 9.18. The normalized spacial score (nSPS) is 30.8. The van der Waals surface area contributed by atoms with E-state index in [1.807, 2.05) is 0 Å². The third kappa shape index (κ3) is 1.73. The summed E-state index contributed by atoms with van der Waals surface area (Å²) in [6.07, 6.45) is 7.70. The molecule has 5 rings (SSSR count). The average Bonchev–Trinajstić information content (AvgIpc) is 2.84. The molecule has 0 amide bonds. The Morgan fingerprint density at radius 1 is 1.04 bits per heavy atom. The largest absolute Gasteiger partial charge is 0.0840 e. The second kappa shape index (κ2) is 4.74. The van der Waals surface area contributed by atoms with E-state index >= 15 is 0 Å². The molecule has 0 heterocycles. The smallest absolute Gasteiger partial charge is 0.0456 e. The highest BCUT2D eigenvalue weighted by Crippen LogP contribution is 2.61. The van der Waals surface area contributed by atoms with Crippen LogP contribution in [-0.4, -0.2) is 0 Å². The molecule has 1 spiro atoms. The predicted molar refractivity (Wildman–Crippen MR) is 96.9 cm³/mol. The Morgan fingerprint density at radius 3 is 2.78 bits per heavy atom. The van der Waals surface area contributed by atoms with E-state index in [2.05, 4.69) is 55.5 Å². The molecule has 1 saturated carbocycles. The molecule has 2 aromatic carbocycles. The zero-order chi connectivity index (χ0) is 15.6. The number of halogens is 1. The molecule has 2 bridgehead atoms. The van der Waals surface area contributed by atoms with Gasteiger partial charge in [-0.25, -0.2) is 0 Å². The standard InChI is InChI=1S/C22H21Cl/c1-14-11-15-9-10-22(16(12-14)13-15)19-7-3-2-5-17(19)18-6-4-8-20(23)21(18)22/h2-8,12,14-15H,9-11,13H2,1H3. The highest BCUT2D eigenvalue weighted by atomic mass is 35.5. The highest BCUT2D eigenvalue weighted by Gasteiger charge is 2.50. The lowest BCUT2D eigenvalue weighted by molar-refractivity contribution is 0.284. The Balaban J connectivity index is 1.87. The summed E-state index contributed by atoms with van der Waals surface area (Å²) in [7, 11) is 0. The molecule has 0 N–H and O–H groups in total. The second-order valence-electron chi connectivity index (χ2n) is 7.63. The summed E-state index contributed by atoms with van der Waals surface area (Å²) in [5.41, 5.74) is 7.28. The third-order valence-corrected chi connectivity index (χ3v) is 6.61. The Kier molecular flexibility index (Phi) is 2.86. The molecule has 116 valence electrons. The van der Waals surface area contributed by atoms with E-state index < -0.39 is 0 Å².